The summed E-state index contributed by atoms with van der Waals surface area (Å²) in [5, 5.41) is 17.2. The summed E-state index contributed by atoms with van der Waals surface area (Å²) in [6.45, 7) is 1.98. The number of hydrogen-bond acceptors (Lipinski definition) is 3. The lowest BCUT2D eigenvalue weighted by molar-refractivity contribution is -0.159. The van der Waals surface area contributed by atoms with Crippen molar-refractivity contribution >= 4 is 11.9 Å². The Hall–Kier alpha value is -2.04. The molecule has 0 aliphatic rings. The summed E-state index contributed by atoms with van der Waals surface area (Å²) in [5.41, 5.74) is 1.06. The standard InChI is InChI=1S/C11H12O5/c1-2-7-3-5-8(6-4-7)16-9(10(12)13)11(14)15/h3-6,9H,2H2,1H3,(H,12,13)(H,14,15). The summed E-state index contributed by atoms with van der Waals surface area (Å²) in [6.07, 6.45) is -1.02. The molecule has 0 radical (unpaired) electrons. The van der Waals surface area contributed by atoms with Crippen LogP contribution in [0.1, 0.15) is 12.5 Å². The van der Waals surface area contributed by atoms with Crippen LogP contribution in [0.25, 0.3) is 0 Å². The zero-order chi connectivity index (χ0) is 12.1. The third-order valence-corrected chi connectivity index (χ3v) is 2.03. The van der Waals surface area contributed by atoms with Gasteiger partial charge in [-0.15, -0.1) is 0 Å². The van der Waals surface area contributed by atoms with Crippen molar-refractivity contribution in [2.24, 2.45) is 0 Å². The lowest BCUT2D eigenvalue weighted by Gasteiger charge is -2.10. The van der Waals surface area contributed by atoms with Crippen molar-refractivity contribution in [2.75, 3.05) is 0 Å². The molecule has 1 aromatic carbocycles. The third kappa shape index (κ3) is 2.98. The number of rotatable bonds is 5. The Morgan fingerprint density at radius 3 is 2.06 bits per heavy atom. The summed E-state index contributed by atoms with van der Waals surface area (Å²) in [6, 6.07) is 6.63. The SMILES string of the molecule is CCc1ccc(OC(C(=O)O)C(=O)O)cc1. The smallest absolute Gasteiger partial charge is 0.356 e. The van der Waals surface area contributed by atoms with Crippen molar-refractivity contribution in [2.45, 2.75) is 19.4 Å². The van der Waals surface area contributed by atoms with Crippen molar-refractivity contribution in [1.29, 1.82) is 0 Å². The second-order valence-corrected chi connectivity index (χ2v) is 3.17. The second-order valence-electron chi connectivity index (χ2n) is 3.17. The first kappa shape index (κ1) is 12.0. The molecule has 0 heterocycles. The maximum absolute atomic E-state index is 10.6. The third-order valence-electron chi connectivity index (χ3n) is 2.03. The Kier molecular flexibility index (Phi) is 3.88. The average Bonchev–Trinajstić information content (AvgIpc) is 2.25. The molecule has 0 fully saturated rings. The van der Waals surface area contributed by atoms with E-state index in [2.05, 4.69) is 0 Å². The van der Waals surface area contributed by atoms with Crippen molar-refractivity contribution < 1.29 is 24.5 Å². The van der Waals surface area contributed by atoms with Gasteiger partial charge in [0.2, 0.25) is 0 Å². The molecule has 0 saturated carbocycles. The normalized spacial score (nSPS) is 10.1. The topological polar surface area (TPSA) is 83.8 Å². The average molecular weight is 224 g/mol. The predicted molar refractivity (Wildman–Crippen MR) is 55.5 cm³/mol. The van der Waals surface area contributed by atoms with Gasteiger partial charge in [0.1, 0.15) is 5.75 Å². The maximum atomic E-state index is 10.6. The summed E-state index contributed by atoms with van der Waals surface area (Å²) in [5.74, 6) is -2.81. The summed E-state index contributed by atoms with van der Waals surface area (Å²) >= 11 is 0. The first-order chi connectivity index (χ1) is 7.54. The van der Waals surface area contributed by atoms with Gasteiger partial charge in [-0.3, -0.25) is 0 Å². The van der Waals surface area contributed by atoms with Crippen LogP contribution in [0, 0.1) is 0 Å². The molecule has 0 aliphatic carbocycles. The Morgan fingerprint density at radius 2 is 1.69 bits per heavy atom. The van der Waals surface area contributed by atoms with Crippen LogP contribution in [0.3, 0.4) is 0 Å². The van der Waals surface area contributed by atoms with Gasteiger partial charge in [-0.05, 0) is 24.1 Å². The van der Waals surface area contributed by atoms with E-state index in [4.69, 9.17) is 14.9 Å². The molecule has 2 N–H and O–H groups in total. The van der Waals surface area contributed by atoms with E-state index >= 15 is 0 Å². The van der Waals surface area contributed by atoms with E-state index in [1.807, 2.05) is 6.92 Å². The largest absolute Gasteiger partial charge is 0.478 e. The second kappa shape index (κ2) is 5.16. The molecule has 0 unspecified atom stereocenters. The highest BCUT2D eigenvalue weighted by molar-refractivity contribution is 5.96. The van der Waals surface area contributed by atoms with Crippen LogP contribution in [0.2, 0.25) is 0 Å². The summed E-state index contributed by atoms with van der Waals surface area (Å²) in [4.78, 5) is 21.1. The van der Waals surface area contributed by atoms with E-state index in [1.165, 1.54) is 0 Å². The molecular weight excluding hydrogens is 212 g/mol. The van der Waals surface area contributed by atoms with E-state index in [9.17, 15) is 9.59 Å². The fraction of sp³-hybridized carbons (Fsp3) is 0.273. The van der Waals surface area contributed by atoms with Crippen LogP contribution in [-0.2, 0) is 16.0 Å². The summed E-state index contributed by atoms with van der Waals surface area (Å²) in [7, 11) is 0. The number of carbonyl (C=O) groups is 2. The fourth-order valence-corrected chi connectivity index (χ4v) is 1.15. The summed E-state index contributed by atoms with van der Waals surface area (Å²) < 4.78 is 4.84. The number of ether oxygens (including phenoxy) is 1. The van der Waals surface area contributed by atoms with Gasteiger partial charge in [0.05, 0.1) is 0 Å². The number of carboxylic acid groups (broad SMARTS) is 2. The molecule has 5 heteroatoms. The fourth-order valence-electron chi connectivity index (χ4n) is 1.15. The lowest BCUT2D eigenvalue weighted by Crippen LogP contribution is -2.35. The minimum Gasteiger partial charge on any atom is -0.478 e. The van der Waals surface area contributed by atoms with Crippen LogP contribution in [0.5, 0.6) is 5.75 Å². The molecule has 0 aliphatic heterocycles. The van der Waals surface area contributed by atoms with Gasteiger partial charge >= 0.3 is 11.9 Å². The van der Waals surface area contributed by atoms with E-state index < -0.39 is 18.0 Å². The Morgan fingerprint density at radius 1 is 1.19 bits per heavy atom. The van der Waals surface area contributed by atoms with E-state index in [0.29, 0.717) is 0 Å². The van der Waals surface area contributed by atoms with Crippen LogP contribution >= 0.6 is 0 Å². The van der Waals surface area contributed by atoms with Gasteiger partial charge in [-0.25, -0.2) is 9.59 Å². The molecule has 0 spiro atoms. The molecule has 5 nitrogen and oxygen atoms in total. The molecular formula is C11H12O5. The minimum absolute atomic E-state index is 0.229. The molecule has 0 aromatic heterocycles. The number of carboxylic acids is 2. The highest BCUT2D eigenvalue weighted by Crippen LogP contribution is 2.14. The quantitative estimate of drug-likeness (QED) is 0.733. The number of hydrogen-bond donors (Lipinski definition) is 2. The van der Waals surface area contributed by atoms with Gasteiger partial charge in [0.15, 0.2) is 0 Å². The van der Waals surface area contributed by atoms with Crippen LogP contribution in [0.15, 0.2) is 24.3 Å². The number of aliphatic carboxylic acids is 2. The minimum atomic E-state index is -1.87. The van der Waals surface area contributed by atoms with Gasteiger partial charge < -0.3 is 14.9 Å². The monoisotopic (exact) mass is 224 g/mol. The van der Waals surface area contributed by atoms with Crippen molar-refractivity contribution in [3.63, 3.8) is 0 Å². The number of benzene rings is 1. The van der Waals surface area contributed by atoms with E-state index in [0.717, 1.165) is 12.0 Å². The number of aryl methyl sites for hydroxylation is 1. The van der Waals surface area contributed by atoms with Gasteiger partial charge in [0.25, 0.3) is 6.10 Å². The lowest BCUT2D eigenvalue weighted by atomic mass is 10.2. The molecule has 0 amide bonds. The maximum Gasteiger partial charge on any atom is 0.356 e. The molecule has 86 valence electrons. The Balaban J connectivity index is 2.77. The van der Waals surface area contributed by atoms with Crippen molar-refractivity contribution in [3.8, 4) is 5.75 Å². The first-order valence-electron chi connectivity index (χ1n) is 4.75. The molecule has 1 aromatic rings. The highest BCUT2D eigenvalue weighted by Gasteiger charge is 2.27. The zero-order valence-corrected chi connectivity index (χ0v) is 8.71. The van der Waals surface area contributed by atoms with Crippen molar-refractivity contribution in [1.82, 2.24) is 0 Å². The molecule has 1 rings (SSSR count). The first-order valence-corrected chi connectivity index (χ1v) is 4.75. The molecule has 0 bridgehead atoms. The predicted octanol–water partition coefficient (Wildman–Crippen LogP) is 1.17. The van der Waals surface area contributed by atoms with E-state index in [-0.39, 0.29) is 5.75 Å². The van der Waals surface area contributed by atoms with Gasteiger partial charge in [-0.2, -0.15) is 0 Å². The van der Waals surface area contributed by atoms with Crippen molar-refractivity contribution in [3.05, 3.63) is 29.8 Å². The Bertz CT molecular complexity index is 368. The van der Waals surface area contributed by atoms with Gasteiger partial charge in [-0.1, -0.05) is 19.1 Å². The molecule has 0 saturated heterocycles. The van der Waals surface area contributed by atoms with E-state index in [1.54, 1.807) is 24.3 Å². The van der Waals surface area contributed by atoms with Crippen LogP contribution < -0.4 is 4.74 Å². The molecule has 16 heavy (non-hydrogen) atoms. The van der Waals surface area contributed by atoms with Crippen LogP contribution in [0.4, 0.5) is 0 Å². The Labute approximate surface area is 92.3 Å². The zero-order valence-electron chi connectivity index (χ0n) is 8.71. The highest BCUT2D eigenvalue weighted by atomic mass is 16.5. The molecule has 0 atom stereocenters. The van der Waals surface area contributed by atoms with Gasteiger partial charge in [0, 0.05) is 0 Å². The van der Waals surface area contributed by atoms with Crippen LogP contribution in [-0.4, -0.2) is 28.3 Å².